The molecule has 7 heteroatoms. The molecule has 0 aliphatic heterocycles. The number of methoxy groups -OCH3 is 2. The summed E-state index contributed by atoms with van der Waals surface area (Å²) in [5.41, 5.74) is 1.31. The average molecular weight is 468 g/mol. The van der Waals surface area contributed by atoms with Gasteiger partial charge in [-0.2, -0.15) is 0 Å². The molecule has 0 atom stereocenters. The van der Waals surface area contributed by atoms with Gasteiger partial charge in [-0.15, -0.1) is 0 Å². The van der Waals surface area contributed by atoms with Crippen LogP contribution in [0.15, 0.2) is 82.2 Å². The fraction of sp³-hybridized carbons (Fsp3) is 0.107. The van der Waals surface area contributed by atoms with Crippen LogP contribution >= 0.6 is 0 Å². The smallest absolute Gasteiger partial charge is 0.256 e. The number of ether oxygens (including phenoxy) is 2. The quantitative estimate of drug-likeness (QED) is 0.313. The van der Waals surface area contributed by atoms with Gasteiger partial charge in [0.05, 0.1) is 36.4 Å². The molecule has 5 rings (SSSR count). The van der Waals surface area contributed by atoms with Gasteiger partial charge in [-0.3, -0.25) is 14.6 Å². The van der Waals surface area contributed by atoms with Gasteiger partial charge in [0.1, 0.15) is 5.75 Å². The van der Waals surface area contributed by atoms with E-state index in [2.05, 4.69) is 21.5 Å². The van der Waals surface area contributed by atoms with Gasteiger partial charge < -0.3 is 19.4 Å². The van der Waals surface area contributed by atoms with Crippen LogP contribution in [0.25, 0.3) is 45.2 Å². The molecule has 2 N–H and O–H groups in total. The Kier molecular flexibility index (Phi) is 6.78. The van der Waals surface area contributed by atoms with Crippen molar-refractivity contribution in [3.05, 3.63) is 104 Å². The number of allylic oxidation sites excluding steroid dienone is 2. The Hall–Kier alpha value is -4.65. The number of hydrogen-bond donors (Lipinski definition) is 2. The third kappa shape index (κ3) is 4.84. The maximum Gasteiger partial charge on any atom is 0.256 e. The number of H-pyrrole nitrogens is 2. The van der Waals surface area contributed by atoms with E-state index >= 15 is 0 Å². The summed E-state index contributed by atoms with van der Waals surface area (Å²) in [7, 11) is 3.18. The van der Waals surface area contributed by atoms with E-state index in [1.165, 1.54) is 0 Å². The van der Waals surface area contributed by atoms with Gasteiger partial charge >= 0.3 is 0 Å². The molecule has 0 aliphatic rings. The molecular weight excluding hydrogens is 442 g/mol. The minimum absolute atomic E-state index is 0.104. The second kappa shape index (κ2) is 10.1. The Bertz CT molecular complexity index is 1800. The van der Waals surface area contributed by atoms with Crippen LogP contribution in [0.2, 0.25) is 0 Å². The molecule has 0 amide bonds. The molecule has 5 aromatic rings. The van der Waals surface area contributed by atoms with Gasteiger partial charge in [0.25, 0.3) is 11.1 Å². The van der Waals surface area contributed by atoms with Crippen LogP contribution in [-0.2, 0) is 4.74 Å². The number of rotatable bonds is 3. The van der Waals surface area contributed by atoms with Crippen LogP contribution in [0.5, 0.6) is 5.75 Å². The van der Waals surface area contributed by atoms with Crippen molar-refractivity contribution in [1.82, 2.24) is 15.0 Å². The first-order valence-corrected chi connectivity index (χ1v) is 10.9. The van der Waals surface area contributed by atoms with Crippen LogP contribution in [0.1, 0.15) is 6.92 Å². The zero-order valence-electron chi connectivity index (χ0n) is 19.7. The van der Waals surface area contributed by atoms with E-state index in [0.29, 0.717) is 21.9 Å². The number of nitrogens with one attached hydrogen (secondary N) is 2. The summed E-state index contributed by atoms with van der Waals surface area (Å²) >= 11 is 0. The van der Waals surface area contributed by atoms with Crippen molar-refractivity contribution in [2.45, 2.75) is 6.92 Å². The molecular formula is C28H25N3O4. The number of pyridine rings is 3. The van der Waals surface area contributed by atoms with Crippen LogP contribution in [0.3, 0.4) is 0 Å². The Labute approximate surface area is 200 Å². The summed E-state index contributed by atoms with van der Waals surface area (Å²) in [6.07, 6.45) is 5.31. The first kappa shape index (κ1) is 23.5. The maximum absolute atomic E-state index is 11.9. The molecule has 2 aromatic carbocycles. The van der Waals surface area contributed by atoms with E-state index < -0.39 is 0 Å². The maximum atomic E-state index is 11.9. The summed E-state index contributed by atoms with van der Waals surface area (Å²) in [4.78, 5) is 33.8. The number of aromatic amines is 2. The summed E-state index contributed by atoms with van der Waals surface area (Å²) in [6.45, 7) is 5.87. The molecule has 0 unspecified atom stereocenters. The fourth-order valence-corrected chi connectivity index (χ4v) is 3.72. The molecule has 176 valence electrons. The predicted octanol–water partition coefficient (Wildman–Crippen LogP) is 3.35. The Balaban J connectivity index is 0.000000165. The zero-order chi connectivity index (χ0) is 24.9. The molecule has 0 saturated heterocycles. The number of fused-ring (bicyclic) bond motifs is 4. The van der Waals surface area contributed by atoms with Crippen LogP contribution in [0, 0.1) is 0 Å². The van der Waals surface area contributed by atoms with E-state index in [0.717, 1.165) is 32.8 Å². The molecule has 3 aromatic heterocycles. The highest BCUT2D eigenvalue weighted by atomic mass is 16.5. The van der Waals surface area contributed by atoms with E-state index in [1.807, 2.05) is 43.3 Å². The van der Waals surface area contributed by atoms with Crippen LogP contribution in [0.4, 0.5) is 0 Å². The molecule has 35 heavy (non-hydrogen) atoms. The van der Waals surface area contributed by atoms with Crippen molar-refractivity contribution >= 4 is 45.2 Å². The van der Waals surface area contributed by atoms with E-state index in [1.54, 1.807) is 50.8 Å². The van der Waals surface area contributed by atoms with Crippen molar-refractivity contribution < 1.29 is 9.47 Å². The predicted molar refractivity (Wildman–Crippen MR) is 141 cm³/mol. The average Bonchev–Trinajstić information content (AvgIpc) is 2.90. The van der Waals surface area contributed by atoms with Crippen molar-refractivity contribution in [2.24, 2.45) is 0 Å². The normalized spacial score (nSPS) is 12.0. The molecule has 3 heterocycles. The van der Waals surface area contributed by atoms with Crippen molar-refractivity contribution in [3.63, 3.8) is 0 Å². The zero-order valence-corrected chi connectivity index (χ0v) is 19.7. The SMILES string of the molecule is C=c1/c(=C\C=C(/C)OC)[nH]c(=O)c2ccccc12.COc1ccc2c(c1)c(=O)[nH]c1cccnc12. The minimum Gasteiger partial charge on any atom is -0.501 e. The minimum atomic E-state index is -0.126. The highest BCUT2D eigenvalue weighted by Gasteiger charge is 2.06. The number of hydrogen-bond acceptors (Lipinski definition) is 5. The topological polar surface area (TPSA) is 97.1 Å². The molecule has 0 radical (unpaired) electrons. The van der Waals surface area contributed by atoms with Gasteiger partial charge in [-0.1, -0.05) is 24.8 Å². The van der Waals surface area contributed by atoms with Gasteiger partial charge in [0.15, 0.2) is 0 Å². The second-order valence-corrected chi connectivity index (χ2v) is 7.81. The standard InChI is InChI=1S/C15H15NO2.C13H10N2O2/c1-10(18-3)8-9-14-11(2)12-6-4-5-7-13(12)15(17)16-14;1-17-8-4-5-9-10(7-8)13(16)15-11-3-2-6-14-12(9)11/h4-9H,2H2,1,3H3,(H,16,17);2-7H,1H3,(H,15,16)/b10-8+,14-9+;. The van der Waals surface area contributed by atoms with Gasteiger partial charge in [-0.25, -0.2) is 0 Å². The van der Waals surface area contributed by atoms with Crippen LogP contribution in [-0.4, -0.2) is 29.2 Å². The number of aromatic nitrogens is 3. The summed E-state index contributed by atoms with van der Waals surface area (Å²) in [5, 5.41) is 4.48. The third-order valence-electron chi connectivity index (χ3n) is 5.66. The van der Waals surface area contributed by atoms with Gasteiger partial charge in [-0.05, 0) is 66.1 Å². The molecule has 0 fully saturated rings. The first-order valence-electron chi connectivity index (χ1n) is 10.9. The highest BCUT2D eigenvalue weighted by molar-refractivity contribution is 6.03. The Morgan fingerprint density at radius 3 is 2.40 bits per heavy atom. The molecule has 0 saturated carbocycles. The van der Waals surface area contributed by atoms with Crippen LogP contribution < -0.4 is 26.4 Å². The van der Waals surface area contributed by atoms with Crippen molar-refractivity contribution in [2.75, 3.05) is 14.2 Å². The number of nitrogens with zero attached hydrogens (tertiary/aromatic N) is 1. The van der Waals surface area contributed by atoms with Gasteiger partial charge in [0.2, 0.25) is 0 Å². The summed E-state index contributed by atoms with van der Waals surface area (Å²) in [6, 6.07) is 16.5. The molecule has 0 spiro atoms. The molecule has 7 nitrogen and oxygen atoms in total. The lowest BCUT2D eigenvalue weighted by molar-refractivity contribution is 0.294. The molecule has 0 bridgehead atoms. The molecule has 0 aliphatic carbocycles. The first-order chi connectivity index (χ1) is 16.9. The monoisotopic (exact) mass is 467 g/mol. The van der Waals surface area contributed by atoms with Crippen molar-refractivity contribution in [1.29, 1.82) is 0 Å². The Morgan fingerprint density at radius 2 is 1.66 bits per heavy atom. The lowest BCUT2D eigenvalue weighted by Crippen LogP contribution is -2.33. The van der Waals surface area contributed by atoms with E-state index in [4.69, 9.17) is 9.47 Å². The second-order valence-electron chi connectivity index (χ2n) is 7.81. The van der Waals surface area contributed by atoms with Gasteiger partial charge in [0, 0.05) is 22.3 Å². The number of benzene rings is 2. The van der Waals surface area contributed by atoms with Crippen molar-refractivity contribution in [3.8, 4) is 5.75 Å². The summed E-state index contributed by atoms with van der Waals surface area (Å²) < 4.78 is 10.2. The fourth-order valence-electron chi connectivity index (χ4n) is 3.72. The summed E-state index contributed by atoms with van der Waals surface area (Å²) in [5.74, 6) is 1.43. The Morgan fingerprint density at radius 1 is 0.914 bits per heavy atom. The third-order valence-corrected chi connectivity index (χ3v) is 5.66. The lowest BCUT2D eigenvalue weighted by atomic mass is 10.1. The van der Waals surface area contributed by atoms with E-state index in [-0.39, 0.29) is 11.1 Å². The highest BCUT2D eigenvalue weighted by Crippen LogP contribution is 2.22. The largest absolute Gasteiger partial charge is 0.501 e. The van der Waals surface area contributed by atoms with E-state index in [9.17, 15) is 9.59 Å². The lowest BCUT2D eigenvalue weighted by Gasteiger charge is -2.04.